The Morgan fingerprint density at radius 3 is 2.69 bits per heavy atom. The SMILES string of the molecule is CCCCSc1nc(N)cc(N2CCC(c3nnc(CO)n3C)CC2)n1. The van der Waals surface area contributed by atoms with Crippen molar-refractivity contribution in [2.45, 2.75) is 50.3 Å². The van der Waals surface area contributed by atoms with Crippen LogP contribution in [0.3, 0.4) is 0 Å². The third-order valence-electron chi connectivity index (χ3n) is 4.77. The lowest BCUT2D eigenvalue weighted by atomic mass is 9.96. The summed E-state index contributed by atoms with van der Waals surface area (Å²) >= 11 is 1.67. The van der Waals surface area contributed by atoms with E-state index in [1.54, 1.807) is 11.8 Å². The van der Waals surface area contributed by atoms with Gasteiger partial charge >= 0.3 is 0 Å². The lowest BCUT2D eigenvalue weighted by molar-refractivity contribution is 0.266. The summed E-state index contributed by atoms with van der Waals surface area (Å²) in [6, 6.07) is 1.86. The molecule has 3 rings (SSSR count). The molecule has 9 heteroatoms. The average molecular weight is 378 g/mol. The molecule has 1 saturated heterocycles. The maximum Gasteiger partial charge on any atom is 0.191 e. The Kier molecular flexibility index (Phi) is 6.31. The summed E-state index contributed by atoms with van der Waals surface area (Å²) in [4.78, 5) is 11.3. The highest BCUT2D eigenvalue weighted by molar-refractivity contribution is 7.99. The first-order chi connectivity index (χ1) is 12.6. The summed E-state index contributed by atoms with van der Waals surface area (Å²) in [6.45, 7) is 3.88. The van der Waals surface area contributed by atoms with Crippen molar-refractivity contribution in [2.24, 2.45) is 7.05 Å². The fourth-order valence-corrected chi connectivity index (χ4v) is 4.14. The number of nitrogens with zero attached hydrogens (tertiary/aromatic N) is 6. The van der Waals surface area contributed by atoms with Crippen molar-refractivity contribution in [2.75, 3.05) is 29.5 Å². The Morgan fingerprint density at radius 1 is 1.27 bits per heavy atom. The van der Waals surface area contributed by atoms with Crippen molar-refractivity contribution in [1.82, 2.24) is 24.7 Å². The number of anilines is 2. The van der Waals surface area contributed by atoms with Gasteiger partial charge in [0.1, 0.15) is 24.1 Å². The fraction of sp³-hybridized carbons (Fsp3) is 0.647. The minimum Gasteiger partial charge on any atom is -0.388 e. The van der Waals surface area contributed by atoms with Gasteiger partial charge in [-0.1, -0.05) is 25.1 Å². The van der Waals surface area contributed by atoms with Gasteiger partial charge in [0.2, 0.25) is 0 Å². The molecule has 0 spiro atoms. The first-order valence-corrected chi connectivity index (χ1v) is 10.1. The van der Waals surface area contributed by atoms with Gasteiger partial charge in [0.15, 0.2) is 11.0 Å². The molecule has 1 aliphatic rings. The average Bonchev–Trinajstić information content (AvgIpc) is 3.02. The van der Waals surface area contributed by atoms with Crippen molar-refractivity contribution in [3.05, 3.63) is 17.7 Å². The van der Waals surface area contributed by atoms with Gasteiger partial charge in [0.05, 0.1) is 0 Å². The number of hydrogen-bond donors (Lipinski definition) is 2. The number of rotatable bonds is 7. The molecular formula is C17H27N7OS. The predicted octanol–water partition coefficient (Wildman–Crippen LogP) is 1.96. The van der Waals surface area contributed by atoms with Gasteiger partial charge in [0.25, 0.3) is 0 Å². The zero-order valence-corrected chi connectivity index (χ0v) is 16.2. The summed E-state index contributed by atoms with van der Waals surface area (Å²) < 4.78 is 1.91. The summed E-state index contributed by atoms with van der Waals surface area (Å²) in [5.41, 5.74) is 5.99. The molecule has 2 aromatic heterocycles. The molecule has 1 fully saturated rings. The Balaban J connectivity index is 1.65. The third-order valence-corrected chi connectivity index (χ3v) is 5.70. The van der Waals surface area contributed by atoms with E-state index in [1.807, 2.05) is 17.7 Å². The van der Waals surface area contributed by atoms with E-state index in [2.05, 4.69) is 27.0 Å². The molecule has 1 aliphatic heterocycles. The van der Waals surface area contributed by atoms with Crippen LogP contribution in [0, 0.1) is 0 Å². The van der Waals surface area contributed by atoms with E-state index in [0.29, 0.717) is 17.6 Å². The van der Waals surface area contributed by atoms with Gasteiger partial charge in [-0.3, -0.25) is 0 Å². The molecule has 142 valence electrons. The number of nitrogens with two attached hydrogens (primary N) is 1. The smallest absolute Gasteiger partial charge is 0.191 e. The second-order valence-corrected chi connectivity index (χ2v) is 7.65. The van der Waals surface area contributed by atoms with Crippen molar-refractivity contribution in [3.8, 4) is 0 Å². The molecule has 0 amide bonds. The van der Waals surface area contributed by atoms with Crippen molar-refractivity contribution >= 4 is 23.4 Å². The molecule has 0 atom stereocenters. The van der Waals surface area contributed by atoms with Gasteiger partial charge in [0, 0.05) is 37.9 Å². The summed E-state index contributed by atoms with van der Waals surface area (Å²) in [7, 11) is 1.91. The monoisotopic (exact) mass is 377 g/mol. The Hall–Kier alpha value is -1.87. The highest BCUT2D eigenvalue weighted by atomic mass is 32.2. The standard InChI is InChI=1S/C17H27N7OS/c1-3-4-9-26-17-19-13(18)10-14(20-17)24-7-5-12(6-8-24)16-22-21-15(11-25)23(16)2/h10,12,25H,3-9,11H2,1-2H3,(H2,18,19,20). The van der Waals surface area contributed by atoms with E-state index in [4.69, 9.17) is 10.7 Å². The largest absolute Gasteiger partial charge is 0.388 e. The minimum absolute atomic E-state index is 0.0823. The Bertz CT molecular complexity index is 728. The first kappa shape index (κ1) is 18.9. The first-order valence-electron chi connectivity index (χ1n) is 9.13. The van der Waals surface area contributed by atoms with Crippen LogP contribution in [0.25, 0.3) is 0 Å². The van der Waals surface area contributed by atoms with E-state index in [1.165, 1.54) is 0 Å². The molecule has 3 N–H and O–H groups in total. The lowest BCUT2D eigenvalue weighted by Crippen LogP contribution is -2.34. The summed E-state index contributed by atoms with van der Waals surface area (Å²) in [6.07, 6.45) is 4.26. The summed E-state index contributed by atoms with van der Waals surface area (Å²) in [5, 5.41) is 18.4. The molecule has 0 saturated carbocycles. The van der Waals surface area contributed by atoms with Crippen LogP contribution in [0.1, 0.15) is 50.2 Å². The van der Waals surface area contributed by atoms with Crippen LogP contribution in [0.2, 0.25) is 0 Å². The molecule has 0 aliphatic carbocycles. The lowest BCUT2D eigenvalue weighted by Gasteiger charge is -2.32. The normalized spacial score (nSPS) is 15.6. The molecule has 0 bridgehead atoms. The van der Waals surface area contributed by atoms with Crippen LogP contribution in [-0.2, 0) is 13.7 Å². The number of aromatic nitrogens is 5. The van der Waals surface area contributed by atoms with E-state index >= 15 is 0 Å². The second-order valence-electron chi connectivity index (χ2n) is 6.59. The predicted molar refractivity (Wildman–Crippen MR) is 103 cm³/mol. The number of thioether (sulfide) groups is 1. The number of aliphatic hydroxyl groups excluding tert-OH is 1. The fourth-order valence-electron chi connectivity index (χ4n) is 3.20. The van der Waals surface area contributed by atoms with Gasteiger partial charge in [-0.25, -0.2) is 9.97 Å². The van der Waals surface area contributed by atoms with Crippen molar-refractivity contribution in [3.63, 3.8) is 0 Å². The number of hydrogen-bond acceptors (Lipinski definition) is 8. The van der Waals surface area contributed by atoms with Gasteiger partial charge in [-0.2, -0.15) is 0 Å². The molecule has 2 aromatic rings. The van der Waals surface area contributed by atoms with Crippen LogP contribution < -0.4 is 10.6 Å². The van der Waals surface area contributed by atoms with Crippen LogP contribution in [0.15, 0.2) is 11.2 Å². The van der Waals surface area contributed by atoms with E-state index in [9.17, 15) is 5.11 Å². The quantitative estimate of drug-likeness (QED) is 0.428. The molecule has 0 aromatic carbocycles. The highest BCUT2D eigenvalue weighted by Crippen LogP contribution is 2.30. The van der Waals surface area contributed by atoms with Crippen LogP contribution in [-0.4, -0.2) is 48.7 Å². The Morgan fingerprint density at radius 2 is 2.04 bits per heavy atom. The third kappa shape index (κ3) is 4.27. The van der Waals surface area contributed by atoms with Crippen LogP contribution >= 0.6 is 11.8 Å². The molecule has 0 radical (unpaired) electrons. The molecule has 8 nitrogen and oxygen atoms in total. The van der Waals surface area contributed by atoms with E-state index < -0.39 is 0 Å². The molecular weight excluding hydrogens is 350 g/mol. The van der Waals surface area contributed by atoms with Gasteiger partial charge in [-0.05, 0) is 19.3 Å². The summed E-state index contributed by atoms with van der Waals surface area (Å²) in [5.74, 6) is 4.36. The minimum atomic E-state index is -0.0823. The number of aliphatic hydroxyl groups is 1. The maximum atomic E-state index is 9.29. The van der Waals surface area contributed by atoms with Gasteiger partial charge < -0.3 is 20.3 Å². The van der Waals surface area contributed by atoms with Crippen molar-refractivity contribution in [1.29, 1.82) is 0 Å². The zero-order valence-electron chi connectivity index (χ0n) is 15.4. The number of piperidine rings is 1. The highest BCUT2D eigenvalue weighted by Gasteiger charge is 2.26. The molecule has 26 heavy (non-hydrogen) atoms. The van der Waals surface area contributed by atoms with Gasteiger partial charge in [-0.15, -0.1) is 10.2 Å². The van der Waals surface area contributed by atoms with Crippen molar-refractivity contribution < 1.29 is 5.11 Å². The van der Waals surface area contributed by atoms with E-state index in [0.717, 1.165) is 61.3 Å². The topological polar surface area (TPSA) is 106 Å². The second kappa shape index (κ2) is 8.68. The maximum absolute atomic E-state index is 9.29. The van der Waals surface area contributed by atoms with Crippen LogP contribution in [0.4, 0.5) is 11.6 Å². The zero-order chi connectivity index (χ0) is 18.5. The number of nitrogen functional groups attached to an aromatic ring is 1. The molecule has 0 unspecified atom stereocenters. The molecule has 3 heterocycles. The Labute approximate surface area is 158 Å². The number of unbranched alkanes of at least 4 members (excludes halogenated alkanes) is 1. The van der Waals surface area contributed by atoms with E-state index in [-0.39, 0.29) is 6.61 Å². The van der Waals surface area contributed by atoms with Crippen LogP contribution in [0.5, 0.6) is 0 Å².